The molecule has 2 fully saturated rings. The van der Waals surface area contributed by atoms with E-state index < -0.39 is 89.7 Å². The fraction of sp³-hybridized carbons (Fsp3) is 0.650. The second-order valence-corrected chi connectivity index (χ2v) is 15.2. The van der Waals surface area contributed by atoms with Crippen molar-refractivity contribution in [2.75, 3.05) is 20.6 Å². The van der Waals surface area contributed by atoms with Gasteiger partial charge < -0.3 is 29.5 Å². The van der Waals surface area contributed by atoms with E-state index in [9.17, 15) is 28.8 Å². The second-order valence-electron chi connectivity index (χ2n) is 15.2. The molecule has 2 saturated heterocycles. The van der Waals surface area contributed by atoms with Gasteiger partial charge in [0.1, 0.15) is 30.3 Å². The molecule has 3 rings (SSSR count). The topological polar surface area (TPSA) is 143 Å². The molecule has 0 bridgehead atoms. The van der Waals surface area contributed by atoms with Crippen LogP contribution in [0.15, 0.2) is 30.3 Å². The highest BCUT2D eigenvalue weighted by molar-refractivity contribution is 5.95. The van der Waals surface area contributed by atoms with E-state index >= 15 is 0 Å². The summed E-state index contributed by atoms with van der Waals surface area (Å²) in [5, 5.41) is 2.87. The molecule has 4 amide bonds. The molecule has 2 aliphatic heterocycles. The monoisotopic (exact) mass is 722 g/mol. The van der Waals surface area contributed by atoms with Crippen molar-refractivity contribution >= 4 is 35.6 Å². The predicted octanol–water partition coefficient (Wildman–Crippen LogP) is 3.60. The Labute approximate surface area is 309 Å². The van der Waals surface area contributed by atoms with E-state index in [1.54, 1.807) is 48.5 Å². The Balaban J connectivity index is 2.17. The number of benzene rings is 1. The molecule has 12 nitrogen and oxygen atoms in total. The number of fused-ring (bicyclic) bond motifs is 1. The van der Waals surface area contributed by atoms with Gasteiger partial charge in [-0.15, -0.1) is 12.3 Å². The number of hydrogen-bond donors (Lipinski definition) is 1. The Hall–Kier alpha value is -4.40. The van der Waals surface area contributed by atoms with Gasteiger partial charge in [-0.1, -0.05) is 78.8 Å². The smallest absolute Gasteiger partial charge is 0.329 e. The molecule has 2 unspecified atom stereocenters. The molecule has 0 radical (unpaired) electrons. The average molecular weight is 723 g/mol. The number of esters is 2. The molecular weight excluding hydrogens is 664 g/mol. The van der Waals surface area contributed by atoms with Crippen LogP contribution in [0, 0.1) is 36.0 Å². The maximum Gasteiger partial charge on any atom is 0.329 e. The van der Waals surface area contributed by atoms with Crippen molar-refractivity contribution in [3.63, 3.8) is 0 Å². The summed E-state index contributed by atoms with van der Waals surface area (Å²) in [5.74, 6) is -3.00. The number of amides is 4. The van der Waals surface area contributed by atoms with Crippen LogP contribution in [0.25, 0.3) is 0 Å². The maximum atomic E-state index is 14.3. The van der Waals surface area contributed by atoms with Crippen LogP contribution in [-0.2, 0) is 44.7 Å². The number of ether oxygens (including phenoxy) is 2. The second kappa shape index (κ2) is 18.9. The highest BCUT2D eigenvalue weighted by Crippen LogP contribution is 2.27. The first-order valence-corrected chi connectivity index (χ1v) is 18.5. The SMILES string of the molecule is C#CCCCC1OC(=O)[C@H](C(C)C)N(C)C(=O)[C@@H]2CCCN2C(=O)[C@H](C(C)C)OC(=O)[C@H](Cc2ccccc2)N(C)C(=O)[C@H](C(C)C)NC(=O)C1C. The van der Waals surface area contributed by atoms with E-state index in [2.05, 4.69) is 11.2 Å². The summed E-state index contributed by atoms with van der Waals surface area (Å²) in [7, 11) is 3.00. The summed E-state index contributed by atoms with van der Waals surface area (Å²) >= 11 is 0. The minimum atomic E-state index is -1.24. The van der Waals surface area contributed by atoms with Crippen LogP contribution in [0.2, 0.25) is 0 Å². The van der Waals surface area contributed by atoms with Gasteiger partial charge >= 0.3 is 11.9 Å². The molecule has 1 aromatic carbocycles. The quantitative estimate of drug-likeness (QED) is 0.244. The van der Waals surface area contributed by atoms with E-state index in [1.165, 1.54) is 28.8 Å². The molecule has 7 atom stereocenters. The molecule has 1 N–H and O–H groups in total. The van der Waals surface area contributed by atoms with Gasteiger partial charge in [-0.05, 0) is 49.0 Å². The van der Waals surface area contributed by atoms with Crippen molar-refractivity contribution in [1.82, 2.24) is 20.0 Å². The van der Waals surface area contributed by atoms with Gasteiger partial charge in [-0.2, -0.15) is 0 Å². The lowest BCUT2D eigenvalue weighted by Crippen LogP contribution is -2.57. The average Bonchev–Trinajstić information content (AvgIpc) is 3.59. The van der Waals surface area contributed by atoms with Crippen LogP contribution < -0.4 is 5.32 Å². The van der Waals surface area contributed by atoms with Crippen LogP contribution in [0.5, 0.6) is 0 Å². The third-order valence-corrected chi connectivity index (χ3v) is 10.2. The lowest BCUT2D eigenvalue weighted by atomic mass is 9.95. The van der Waals surface area contributed by atoms with E-state index in [1.807, 2.05) is 30.3 Å². The lowest BCUT2D eigenvalue weighted by Gasteiger charge is -2.36. The van der Waals surface area contributed by atoms with Crippen LogP contribution >= 0.6 is 0 Å². The van der Waals surface area contributed by atoms with Crippen LogP contribution in [-0.4, -0.2) is 107 Å². The maximum absolute atomic E-state index is 14.3. The van der Waals surface area contributed by atoms with Gasteiger partial charge in [0.2, 0.25) is 17.7 Å². The Morgan fingerprint density at radius 1 is 0.846 bits per heavy atom. The molecule has 52 heavy (non-hydrogen) atoms. The van der Waals surface area contributed by atoms with Gasteiger partial charge in [-0.3, -0.25) is 19.2 Å². The van der Waals surface area contributed by atoms with E-state index in [4.69, 9.17) is 15.9 Å². The molecule has 12 heteroatoms. The Bertz CT molecular complexity index is 1470. The number of likely N-dealkylation sites (N-methyl/N-ethyl adjacent to an activating group) is 2. The molecule has 286 valence electrons. The fourth-order valence-electron chi connectivity index (χ4n) is 6.97. The number of nitrogens with zero attached hydrogens (tertiary/aromatic N) is 3. The third kappa shape index (κ3) is 10.1. The molecule has 0 aromatic heterocycles. The lowest BCUT2D eigenvalue weighted by molar-refractivity contribution is -0.171. The summed E-state index contributed by atoms with van der Waals surface area (Å²) in [6.07, 6.45) is 5.50. The van der Waals surface area contributed by atoms with Gasteiger partial charge in [0.15, 0.2) is 6.10 Å². The van der Waals surface area contributed by atoms with Crippen LogP contribution in [0.3, 0.4) is 0 Å². The van der Waals surface area contributed by atoms with Crippen molar-refractivity contribution < 1.29 is 38.2 Å². The number of hydrogen-bond acceptors (Lipinski definition) is 8. The number of carbonyl (C=O) groups is 6. The van der Waals surface area contributed by atoms with Crippen molar-refractivity contribution in [3.8, 4) is 12.3 Å². The first-order valence-electron chi connectivity index (χ1n) is 18.5. The molecule has 0 aliphatic carbocycles. The van der Waals surface area contributed by atoms with E-state index in [0.717, 1.165) is 5.56 Å². The highest BCUT2D eigenvalue weighted by Gasteiger charge is 2.45. The summed E-state index contributed by atoms with van der Waals surface area (Å²) in [6.45, 7) is 12.6. The van der Waals surface area contributed by atoms with Gasteiger partial charge in [0, 0.05) is 33.5 Å². The summed E-state index contributed by atoms with van der Waals surface area (Å²) in [6, 6.07) is 5.05. The number of unbranched alkanes of at least 4 members (excludes halogenated alkanes) is 1. The predicted molar refractivity (Wildman–Crippen MR) is 196 cm³/mol. The van der Waals surface area contributed by atoms with E-state index in [-0.39, 0.29) is 25.3 Å². The third-order valence-electron chi connectivity index (χ3n) is 10.2. The standard InChI is InChI=1S/C40H58N4O8/c1-11-12-14-21-31-27(8)35(45)41-32(24(2)3)37(47)42(9)30(23-28-18-15-13-16-19-28)39(49)52-34(26(6)7)38(48)44-22-17-20-29(44)36(46)43(10)33(25(4)5)40(50)51-31/h1,13,15-16,18-19,24-27,29-34H,12,14,17,20-23H2,2-10H3,(H,41,45)/t27?,29-,30-,31?,32-,33-,34-/m0/s1. The first-order chi connectivity index (χ1) is 24.5. The molecule has 2 aliphatic rings. The molecular formula is C40H58N4O8. The summed E-state index contributed by atoms with van der Waals surface area (Å²) < 4.78 is 12.1. The zero-order chi connectivity index (χ0) is 38.9. The molecule has 0 spiro atoms. The van der Waals surface area contributed by atoms with Crippen molar-refractivity contribution in [2.45, 2.75) is 123 Å². The summed E-state index contributed by atoms with van der Waals surface area (Å²) in [5.41, 5.74) is 0.762. The molecule has 2 heterocycles. The number of terminal acetylenes is 1. The van der Waals surface area contributed by atoms with Crippen molar-refractivity contribution in [1.29, 1.82) is 0 Å². The molecule has 0 saturated carbocycles. The van der Waals surface area contributed by atoms with Crippen LogP contribution in [0.1, 0.15) is 86.1 Å². The highest BCUT2D eigenvalue weighted by atomic mass is 16.6. The first kappa shape index (κ1) is 42.0. The minimum absolute atomic E-state index is 0.0928. The van der Waals surface area contributed by atoms with E-state index in [0.29, 0.717) is 25.7 Å². The summed E-state index contributed by atoms with van der Waals surface area (Å²) in [4.78, 5) is 88.7. The van der Waals surface area contributed by atoms with Gasteiger partial charge in [-0.25, -0.2) is 9.59 Å². The molecule has 1 aromatic rings. The Morgan fingerprint density at radius 3 is 2.08 bits per heavy atom. The normalized spacial score (nSPS) is 27.5. The number of cyclic esters (lactones) is 2. The minimum Gasteiger partial charge on any atom is -0.460 e. The van der Waals surface area contributed by atoms with Crippen molar-refractivity contribution in [3.05, 3.63) is 35.9 Å². The Kier molecular flexibility index (Phi) is 15.3. The number of carbonyl (C=O) groups excluding carboxylic acids is 6. The van der Waals surface area contributed by atoms with Gasteiger partial charge in [0.05, 0.1) is 5.92 Å². The van der Waals surface area contributed by atoms with Gasteiger partial charge in [0.25, 0.3) is 5.91 Å². The fourth-order valence-corrected chi connectivity index (χ4v) is 6.97. The zero-order valence-corrected chi connectivity index (χ0v) is 32.3. The number of rotatable bonds is 8. The largest absolute Gasteiger partial charge is 0.460 e. The van der Waals surface area contributed by atoms with Crippen molar-refractivity contribution in [2.24, 2.45) is 23.7 Å². The Morgan fingerprint density at radius 2 is 1.50 bits per heavy atom. The zero-order valence-electron chi connectivity index (χ0n) is 32.3. The number of nitrogens with one attached hydrogen (secondary N) is 1. The van der Waals surface area contributed by atoms with Crippen LogP contribution in [0.4, 0.5) is 0 Å².